The van der Waals surface area contributed by atoms with Crippen molar-refractivity contribution in [2.24, 2.45) is 4.99 Å². The number of methoxy groups -OCH3 is 2. The number of carbonyl (C=O) groups excluding carboxylic acids is 2. The third kappa shape index (κ3) is 7.29. The van der Waals surface area contributed by atoms with E-state index >= 15 is 0 Å². The van der Waals surface area contributed by atoms with E-state index in [1.165, 1.54) is 40.9 Å². The lowest BCUT2D eigenvalue weighted by Crippen LogP contribution is -2.44. The molecule has 8 nitrogen and oxygen atoms in total. The van der Waals surface area contributed by atoms with Gasteiger partial charge in [0.15, 0.2) is 16.7 Å². The number of hydrogen-bond donors (Lipinski definition) is 1. The first-order valence-corrected chi connectivity index (χ1v) is 13.3. The number of amidine groups is 1. The number of anilines is 1. The molecule has 0 saturated carbocycles. The van der Waals surface area contributed by atoms with Crippen molar-refractivity contribution in [2.45, 2.75) is 31.6 Å². The van der Waals surface area contributed by atoms with Crippen LogP contribution in [0.25, 0.3) is 0 Å². The first-order chi connectivity index (χ1) is 18.9. The zero-order valence-electron chi connectivity index (χ0n) is 22.0. The molecule has 4 rings (SSSR count). The van der Waals surface area contributed by atoms with Crippen molar-refractivity contribution >= 4 is 40.1 Å². The molecule has 0 bridgehead atoms. The monoisotopic (exact) mass is 551 g/mol. The topological polar surface area (TPSA) is 89.5 Å². The highest BCUT2D eigenvalue weighted by Gasteiger charge is 2.36. The smallest absolute Gasteiger partial charge is 0.238 e. The second kappa shape index (κ2) is 13.1. The fraction of sp³-hybridized carbons (Fsp3) is 0.276. The minimum atomic E-state index is -0.700. The van der Waals surface area contributed by atoms with Crippen LogP contribution >= 0.6 is 11.8 Å². The van der Waals surface area contributed by atoms with Crippen LogP contribution in [0, 0.1) is 5.82 Å². The average molecular weight is 552 g/mol. The second-order valence-corrected chi connectivity index (χ2v) is 9.88. The summed E-state index contributed by atoms with van der Waals surface area (Å²) in [6.45, 7) is 2.85. The maximum Gasteiger partial charge on any atom is 0.238 e. The van der Waals surface area contributed by atoms with Gasteiger partial charge in [-0.2, -0.15) is 0 Å². The third-order valence-corrected chi connectivity index (χ3v) is 7.05. The van der Waals surface area contributed by atoms with Crippen molar-refractivity contribution in [1.29, 1.82) is 0 Å². The average Bonchev–Trinajstić information content (AvgIpc) is 2.95. The summed E-state index contributed by atoms with van der Waals surface area (Å²) in [6.07, 6.45) is 0.889. The van der Waals surface area contributed by atoms with Crippen LogP contribution in [0.15, 0.2) is 71.7 Å². The third-order valence-electron chi connectivity index (χ3n) is 5.87. The molecule has 0 aliphatic carbocycles. The van der Waals surface area contributed by atoms with Gasteiger partial charge < -0.3 is 19.5 Å². The molecule has 1 unspecified atom stereocenters. The van der Waals surface area contributed by atoms with Crippen molar-refractivity contribution in [3.63, 3.8) is 0 Å². The molecule has 204 valence electrons. The molecular weight excluding hydrogens is 521 g/mol. The van der Waals surface area contributed by atoms with Crippen molar-refractivity contribution < 1.29 is 28.2 Å². The summed E-state index contributed by atoms with van der Waals surface area (Å²) >= 11 is 1.19. The summed E-state index contributed by atoms with van der Waals surface area (Å²) in [5.74, 6) is 0.865. The standard InChI is InChI=1S/C29H30FN3O5S/c1-4-15-38-23-12-10-21(11-13-23)31-28(35)26-17-27(34)33(18-19-5-14-24(36-2)25(16-19)37-3)29(39-26)32-22-8-6-20(30)7-9-22/h5-14,16,26H,4,15,17-18H2,1-3H3,(H,31,35). The number of hydrogen-bond acceptors (Lipinski definition) is 7. The number of aliphatic imine (C=N–C) groups is 1. The van der Waals surface area contributed by atoms with Gasteiger partial charge in [-0.05, 0) is 72.6 Å². The highest BCUT2D eigenvalue weighted by Crippen LogP contribution is 2.33. The molecule has 0 aromatic heterocycles. The van der Waals surface area contributed by atoms with E-state index in [1.54, 1.807) is 50.6 Å². The summed E-state index contributed by atoms with van der Waals surface area (Å²) in [5, 5.41) is 2.52. The highest BCUT2D eigenvalue weighted by molar-refractivity contribution is 8.15. The summed E-state index contributed by atoms with van der Waals surface area (Å²) in [4.78, 5) is 32.7. The molecule has 10 heteroatoms. The SMILES string of the molecule is CCCOc1ccc(NC(=O)C2CC(=O)N(Cc3ccc(OC)c(OC)c3)C(=Nc3ccc(F)cc3)S2)cc1. The molecular formula is C29H30FN3O5S. The fourth-order valence-corrected chi connectivity index (χ4v) is 4.96. The zero-order chi connectivity index (χ0) is 27.8. The van der Waals surface area contributed by atoms with Crippen LogP contribution in [0.1, 0.15) is 25.3 Å². The van der Waals surface area contributed by atoms with Gasteiger partial charge in [0.05, 0.1) is 33.1 Å². The Kier molecular flexibility index (Phi) is 9.43. The van der Waals surface area contributed by atoms with E-state index in [0.29, 0.717) is 34.6 Å². The number of thioether (sulfide) groups is 1. The summed E-state index contributed by atoms with van der Waals surface area (Å²) in [5.41, 5.74) is 1.86. The Morgan fingerprint density at radius 3 is 2.44 bits per heavy atom. The van der Waals surface area contributed by atoms with E-state index in [9.17, 15) is 14.0 Å². The van der Waals surface area contributed by atoms with Gasteiger partial charge in [0, 0.05) is 12.1 Å². The number of amides is 2. The molecule has 1 atom stereocenters. The maximum absolute atomic E-state index is 13.5. The fourth-order valence-electron chi connectivity index (χ4n) is 3.86. The lowest BCUT2D eigenvalue weighted by atomic mass is 10.1. The predicted molar refractivity (Wildman–Crippen MR) is 150 cm³/mol. The van der Waals surface area contributed by atoms with E-state index in [1.807, 2.05) is 13.0 Å². The molecule has 2 amide bonds. The van der Waals surface area contributed by atoms with Crippen LogP contribution in [0.5, 0.6) is 17.2 Å². The lowest BCUT2D eigenvalue weighted by Gasteiger charge is -2.32. The summed E-state index contributed by atoms with van der Waals surface area (Å²) in [7, 11) is 3.09. The predicted octanol–water partition coefficient (Wildman–Crippen LogP) is 5.79. The van der Waals surface area contributed by atoms with E-state index in [4.69, 9.17) is 14.2 Å². The molecule has 39 heavy (non-hydrogen) atoms. The van der Waals surface area contributed by atoms with Crippen molar-refractivity contribution in [3.8, 4) is 17.2 Å². The first-order valence-electron chi connectivity index (χ1n) is 12.5. The van der Waals surface area contributed by atoms with Gasteiger partial charge in [-0.25, -0.2) is 9.38 Å². The van der Waals surface area contributed by atoms with Gasteiger partial charge in [-0.1, -0.05) is 24.8 Å². The van der Waals surface area contributed by atoms with E-state index < -0.39 is 11.1 Å². The largest absolute Gasteiger partial charge is 0.494 e. The molecule has 0 radical (unpaired) electrons. The number of nitrogens with zero attached hydrogens (tertiary/aromatic N) is 2. The zero-order valence-corrected chi connectivity index (χ0v) is 22.8. The molecule has 1 saturated heterocycles. The Balaban J connectivity index is 1.55. The molecule has 1 aliphatic heterocycles. The van der Waals surface area contributed by atoms with Crippen LogP contribution in [-0.2, 0) is 16.1 Å². The first kappa shape index (κ1) is 28.0. The maximum atomic E-state index is 13.5. The van der Waals surface area contributed by atoms with E-state index in [-0.39, 0.29) is 24.8 Å². The van der Waals surface area contributed by atoms with Crippen LogP contribution in [0.2, 0.25) is 0 Å². The van der Waals surface area contributed by atoms with Gasteiger partial charge >= 0.3 is 0 Å². The molecule has 1 heterocycles. The number of halogens is 1. The van der Waals surface area contributed by atoms with Crippen LogP contribution in [0.3, 0.4) is 0 Å². The Bertz CT molecular complexity index is 1330. The quantitative estimate of drug-likeness (QED) is 0.343. The molecule has 1 N–H and O–H groups in total. The second-order valence-electron chi connectivity index (χ2n) is 8.71. The molecule has 3 aromatic rings. The van der Waals surface area contributed by atoms with Gasteiger partial charge in [0.2, 0.25) is 11.8 Å². The van der Waals surface area contributed by atoms with E-state index in [0.717, 1.165) is 17.7 Å². The van der Waals surface area contributed by atoms with Gasteiger partial charge in [-0.15, -0.1) is 0 Å². The Hall–Kier alpha value is -4.05. The molecule has 1 aliphatic rings. The van der Waals surface area contributed by atoms with Gasteiger partial charge in [0.1, 0.15) is 16.8 Å². The summed E-state index contributed by atoms with van der Waals surface area (Å²) < 4.78 is 29.8. The lowest BCUT2D eigenvalue weighted by molar-refractivity contribution is -0.129. The minimum Gasteiger partial charge on any atom is -0.494 e. The number of ether oxygens (including phenoxy) is 3. The number of nitrogens with one attached hydrogen (secondary N) is 1. The van der Waals surface area contributed by atoms with Crippen LogP contribution < -0.4 is 19.5 Å². The van der Waals surface area contributed by atoms with Crippen molar-refractivity contribution in [1.82, 2.24) is 4.90 Å². The Labute approximate surface area is 231 Å². The van der Waals surface area contributed by atoms with Gasteiger partial charge in [0.25, 0.3) is 0 Å². The highest BCUT2D eigenvalue weighted by atomic mass is 32.2. The Morgan fingerprint density at radius 2 is 1.77 bits per heavy atom. The van der Waals surface area contributed by atoms with Crippen LogP contribution in [0.4, 0.5) is 15.8 Å². The number of benzene rings is 3. The summed E-state index contributed by atoms with van der Waals surface area (Å²) in [6, 6.07) is 18.1. The minimum absolute atomic E-state index is 0.01000. The van der Waals surface area contributed by atoms with Crippen molar-refractivity contribution in [3.05, 3.63) is 78.1 Å². The molecule has 3 aromatic carbocycles. The number of rotatable bonds is 10. The Morgan fingerprint density at radius 1 is 1.05 bits per heavy atom. The van der Waals surface area contributed by atoms with Crippen LogP contribution in [-0.4, -0.2) is 48.0 Å². The molecule has 0 spiro atoms. The van der Waals surface area contributed by atoms with Crippen molar-refractivity contribution in [2.75, 3.05) is 26.1 Å². The molecule has 1 fully saturated rings. The normalized spacial score (nSPS) is 16.2. The number of carbonyl (C=O) groups is 2. The van der Waals surface area contributed by atoms with E-state index in [2.05, 4.69) is 10.3 Å². The van der Waals surface area contributed by atoms with Gasteiger partial charge in [-0.3, -0.25) is 14.5 Å².